The maximum atomic E-state index is 11.8. The maximum Gasteiger partial charge on any atom is 0.229 e. The Morgan fingerprint density at radius 1 is 1.11 bits per heavy atom. The first kappa shape index (κ1) is 24.6. The van der Waals surface area contributed by atoms with E-state index < -0.39 is 10.0 Å². The van der Waals surface area contributed by atoms with Gasteiger partial charge in [-0.05, 0) is 61.5 Å². The molecule has 0 radical (unpaired) electrons. The first-order valence-corrected chi connectivity index (χ1v) is 14.5. The van der Waals surface area contributed by atoms with Gasteiger partial charge < -0.3 is 19.5 Å². The first-order chi connectivity index (χ1) is 17.4. The van der Waals surface area contributed by atoms with E-state index in [0.29, 0.717) is 22.6 Å². The molecule has 2 aliphatic rings. The Bertz CT molecular complexity index is 1340. The minimum absolute atomic E-state index is 0.150. The number of hydrogen-bond donors (Lipinski definition) is 2. The van der Waals surface area contributed by atoms with E-state index in [1.54, 1.807) is 12.3 Å². The molecule has 3 heterocycles. The van der Waals surface area contributed by atoms with Crippen molar-refractivity contribution < 1.29 is 13.2 Å². The molecule has 2 N–H and O–H groups in total. The predicted molar refractivity (Wildman–Crippen MR) is 146 cm³/mol. The minimum Gasteiger partial charge on any atom is -0.494 e. The van der Waals surface area contributed by atoms with E-state index in [4.69, 9.17) is 17.0 Å². The van der Waals surface area contributed by atoms with Crippen molar-refractivity contribution in [3.63, 3.8) is 0 Å². The average Bonchev–Trinajstić information content (AvgIpc) is 3.49. The van der Waals surface area contributed by atoms with Crippen LogP contribution in [-0.2, 0) is 10.0 Å². The van der Waals surface area contributed by atoms with Crippen LogP contribution in [0.2, 0.25) is 0 Å². The summed E-state index contributed by atoms with van der Waals surface area (Å²) in [5.41, 5.74) is 3.27. The number of thiocarbonyl (C=S) groups is 1. The van der Waals surface area contributed by atoms with Gasteiger partial charge in [0, 0.05) is 35.9 Å². The Kier molecular flexibility index (Phi) is 6.90. The van der Waals surface area contributed by atoms with Crippen LogP contribution in [0.5, 0.6) is 5.75 Å². The predicted octanol–water partition coefficient (Wildman–Crippen LogP) is 4.95. The number of ether oxygens (including phenoxy) is 1. The van der Waals surface area contributed by atoms with E-state index in [1.807, 2.05) is 30.3 Å². The number of pyridine rings is 1. The summed E-state index contributed by atoms with van der Waals surface area (Å²) in [6.45, 7) is 0. The normalized spacial score (nSPS) is 20.8. The van der Waals surface area contributed by atoms with E-state index in [1.165, 1.54) is 44.9 Å². The van der Waals surface area contributed by atoms with Gasteiger partial charge in [-0.2, -0.15) is 0 Å². The number of nitrogens with one attached hydrogen (secondary N) is 2. The second kappa shape index (κ2) is 10.1. The molecule has 8 nitrogen and oxygen atoms in total. The molecule has 36 heavy (non-hydrogen) atoms. The summed E-state index contributed by atoms with van der Waals surface area (Å²) in [6, 6.07) is 15.8. The fourth-order valence-electron chi connectivity index (χ4n) is 5.40. The summed E-state index contributed by atoms with van der Waals surface area (Å²) in [5, 5.41) is 4.09. The molecule has 2 unspecified atom stereocenters. The Hall–Kier alpha value is -3.11. The number of anilines is 2. The SMILES string of the molecule is COc1cc(N2C(=S)NC(c3ccccn3)C2c2cccn2C2CCCCC2)ccc1NS(C)(=O)=O. The average molecular weight is 526 g/mol. The van der Waals surface area contributed by atoms with Crippen LogP contribution in [0.3, 0.4) is 0 Å². The number of aromatic nitrogens is 2. The minimum atomic E-state index is -3.45. The van der Waals surface area contributed by atoms with Crippen LogP contribution in [0.25, 0.3) is 0 Å². The van der Waals surface area contributed by atoms with Crippen molar-refractivity contribution in [3.8, 4) is 5.75 Å². The lowest BCUT2D eigenvalue weighted by Crippen LogP contribution is -2.31. The van der Waals surface area contributed by atoms with Crippen molar-refractivity contribution in [1.82, 2.24) is 14.9 Å². The molecule has 1 aromatic carbocycles. The largest absolute Gasteiger partial charge is 0.494 e. The van der Waals surface area contributed by atoms with Gasteiger partial charge in [0.2, 0.25) is 10.0 Å². The third-order valence-corrected chi connectivity index (χ3v) is 7.84. The molecule has 1 aliphatic carbocycles. The van der Waals surface area contributed by atoms with Crippen LogP contribution in [-0.4, -0.2) is 36.4 Å². The molecule has 3 aromatic rings. The summed E-state index contributed by atoms with van der Waals surface area (Å²) in [7, 11) is -1.93. The Morgan fingerprint density at radius 2 is 1.92 bits per heavy atom. The third-order valence-electron chi connectivity index (χ3n) is 6.94. The van der Waals surface area contributed by atoms with E-state index >= 15 is 0 Å². The highest BCUT2D eigenvalue weighted by atomic mass is 32.2. The van der Waals surface area contributed by atoms with E-state index in [9.17, 15) is 8.42 Å². The molecule has 0 bridgehead atoms. The van der Waals surface area contributed by atoms with Gasteiger partial charge >= 0.3 is 0 Å². The van der Waals surface area contributed by atoms with Gasteiger partial charge in [-0.1, -0.05) is 25.3 Å². The molecule has 0 spiro atoms. The van der Waals surface area contributed by atoms with Crippen LogP contribution in [0, 0.1) is 0 Å². The first-order valence-electron chi connectivity index (χ1n) is 12.2. The highest BCUT2D eigenvalue weighted by Crippen LogP contribution is 2.44. The number of rotatable bonds is 7. The number of sulfonamides is 1. The van der Waals surface area contributed by atoms with Gasteiger partial charge in [0.15, 0.2) is 5.11 Å². The van der Waals surface area contributed by atoms with Crippen molar-refractivity contribution in [2.45, 2.75) is 50.2 Å². The molecule has 190 valence electrons. The van der Waals surface area contributed by atoms with Crippen LogP contribution in [0.4, 0.5) is 11.4 Å². The zero-order valence-corrected chi connectivity index (χ0v) is 22.1. The summed E-state index contributed by atoms with van der Waals surface area (Å²) >= 11 is 5.88. The summed E-state index contributed by atoms with van der Waals surface area (Å²) in [4.78, 5) is 6.75. The standard InChI is InChI=1S/C26H31N5O3S2/c1-34-23-17-19(13-14-20(23)29-36(2,32)33)31-25(24(28-26(31)35)21-11-6-7-15-27-21)22-12-8-16-30(22)18-9-4-3-5-10-18/h6-8,11-18,24-25,29H,3-5,9-10H2,1-2H3,(H,28,35). The molecular weight excluding hydrogens is 494 g/mol. The molecule has 1 saturated carbocycles. The van der Waals surface area contributed by atoms with Crippen molar-refractivity contribution in [2.24, 2.45) is 0 Å². The topological polar surface area (TPSA) is 88.5 Å². The zero-order valence-electron chi connectivity index (χ0n) is 20.4. The van der Waals surface area contributed by atoms with Crippen molar-refractivity contribution in [2.75, 3.05) is 23.0 Å². The van der Waals surface area contributed by atoms with Crippen LogP contribution < -0.4 is 19.7 Å². The number of hydrogen-bond acceptors (Lipinski definition) is 5. The molecular formula is C26H31N5O3S2. The van der Waals surface area contributed by atoms with Crippen LogP contribution in [0.15, 0.2) is 60.9 Å². The van der Waals surface area contributed by atoms with Gasteiger partial charge in [-0.3, -0.25) is 9.71 Å². The lowest BCUT2D eigenvalue weighted by molar-refractivity contribution is 0.340. The van der Waals surface area contributed by atoms with E-state index in [2.05, 4.69) is 42.8 Å². The lowest BCUT2D eigenvalue weighted by atomic mass is 9.94. The Labute approximate surface area is 217 Å². The van der Waals surface area contributed by atoms with Crippen LogP contribution in [0.1, 0.15) is 61.6 Å². The number of nitrogens with zero attached hydrogens (tertiary/aromatic N) is 3. The summed E-state index contributed by atoms with van der Waals surface area (Å²) in [5.74, 6) is 0.420. The molecule has 1 aliphatic heterocycles. The molecule has 2 aromatic heterocycles. The third kappa shape index (κ3) is 4.92. The zero-order chi connectivity index (χ0) is 25.3. The van der Waals surface area contributed by atoms with Gasteiger partial charge in [0.05, 0.1) is 30.8 Å². The number of benzene rings is 1. The smallest absolute Gasteiger partial charge is 0.229 e. The van der Waals surface area contributed by atoms with Crippen molar-refractivity contribution >= 4 is 38.7 Å². The Morgan fingerprint density at radius 3 is 2.61 bits per heavy atom. The van der Waals surface area contributed by atoms with E-state index in [0.717, 1.165) is 17.6 Å². The maximum absolute atomic E-state index is 11.8. The summed E-state index contributed by atoms with van der Waals surface area (Å²) in [6.07, 6.45) is 11.2. The second-order valence-corrected chi connectivity index (χ2v) is 11.5. The Balaban J connectivity index is 1.60. The van der Waals surface area contributed by atoms with Crippen molar-refractivity contribution in [1.29, 1.82) is 0 Å². The van der Waals surface area contributed by atoms with Gasteiger partial charge in [0.25, 0.3) is 0 Å². The fraction of sp³-hybridized carbons (Fsp3) is 0.385. The number of methoxy groups -OCH3 is 1. The molecule has 10 heteroatoms. The van der Waals surface area contributed by atoms with Gasteiger partial charge in [-0.25, -0.2) is 8.42 Å². The van der Waals surface area contributed by atoms with Crippen molar-refractivity contribution in [3.05, 3.63) is 72.3 Å². The monoisotopic (exact) mass is 525 g/mol. The molecule has 2 fully saturated rings. The van der Waals surface area contributed by atoms with E-state index in [-0.39, 0.29) is 12.1 Å². The second-order valence-electron chi connectivity index (χ2n) is 9.39. The fourth-order valence-corrected chi connectivity index (χ4v) is 6.31. The molecule has 5 rings (SSSR count). The van der Waals surface area contributed by atoms with Crippen LogP contribution >= 0.6 is 12.2 Å². The quantitative estimate of drug-likeness (QED) is 0.422. The van der Waals surface area contributed by atoms with Gasteiger partial charge in [-0.15, -0.1) is 0 Å². The lowest BCUT2D eigenvalue weighted by Gasteiger charge is -2.32. The molecule has 1 saturated heterocycles. The molecule has 0 amide bonds. The van der Waals surface area contributed by atoms with Gasteiger partial charge in [0.1, 0.15) is 11.8 Å². The highest BCUT2D eigenvalue weighted by molar-refractivity contribution is 7.92. The highest BCUT2D eigenvalue weighted by Gasteiger charge is 2.42. The molecule has 2 atom stereocenters. The summed E-state index contributed by atoms with van der Waals surface area (Å²) < 4.78 is 34.2.